The quantitative estimate of drug-likeness (QED) is 0.501. The SMILES string of the molecule is C=CNC(=C)CCN(C)c1nn(C)c2c(F)c(C3CCN(CC4CCN(C=C)CC4)CC3)c(F)cc12. The molecule has 2 aliphatic heterocycles. The fraction of sp³-hybridized carbons (Fsp3) is 0.536. The van der Waals surface area contributed by atoms with E-state index in [-0.39, 0.29) is 11.5 Å². The van der Waals surface area contributed by atoms with Crippen LogP contribution in [0.3, 0.4) is 0 Å². The van der Waals surface area contributed by atoms with Gasteiger partial charge in [0.15, 0.2) is 11.6 Å². The number of nitrogens with zero attached hydrogens (tertiary/aromatic N) is 5. The molecular formula is C28H40F2N6. The summed E-state index contributed by atoms with van der Waals surface area (Å²) >= 11 is 0. The number of piperidine rings is 2. The minimum atomic E-state index is -0.465. The summed E-state index contributed by atoms with van der Waals surface area (Å²) < 4.78 is 32.8. The molecule has 0 saturated carbocycles. The largest absolute Gasteiger partial charge is 0.378 e. The van der Waals surface area contributed by atoms with Gasteiger partial charge in [0.1, 0.15) is 11.3 Å². The Morgan fingerprint density at radius 3 is 2.50 bits per heavy atom. The van der Waals surface area contributed by atoms with Crippen molar-refractivity contribution in [3.63, 3.8) is 0 Å². The molecule has 1 aromatic carbocycles. The van der Waals surface area contributed by atoms with Crippen LogP contribution in [0, 0.1) is 17.6 Å². The summed E-state index contributed by atoms with van der Waals surface area (Å²) in [7, 11) is 3.60. The van der Waals surface area contributed by atoms with E-state index in [0.29, 0.717) is 35.6 Å². The van der Waals surface area contributed by atoms with Gasteiger partial charge in [-0.15, -0.1) is 0 Å². The molecule has 36 heavy (non-hydrogen) atoms. The van der Waals surface area contributed by atoms with Gasteiger partial charge in [-0.25, -0.2) is 8.78 Å². The highest BCUT2D eigenvalue weighted by Crippen LogP contribution is 2.38. The van der Waals surface area contributed by atoms with Crippen molar-refractivity contribution in [1.82, 2.24) is 24.9 Å². The topological polar surface area (TPSA) is 39.6 Å². The molecule has 0 atom stereocenters. The molecule has 2 aliphatic rings. The summed E-state index contributed by atoms with van der Waals surface area (Å²) in [6.45, 7) is 17.1. The fourth-order valence-corrected chi connectivity index (χ4v) is 5.72. The number of hydrogen-bond donors (Lipinski definition) is 1. The fourth-order valence-electron chi connectivity index (χ4n) is 5.72. The smallest absolute Gasteiger partial charge is 0.158 e. The zero-order valence-corrected chi connectivity index (χ0v) is 21.8. The highest BCUT2D eigenvalue weighted by atomic mass is 19.1. The Balaban J connectivity index is 1.44. The lowest BCUT2D eigenvalue weighted by atomic mass is 9.87. The molecule has 0 radical (unpaired) electrons. The second-order valence-corrected chi connectivity index (χ2v) is 10.3. The highest BCUT2D eigenvalue weighted by molar-refractivity contribution is 5.91. The van der Waals surface area contributed by atoms with Gasteiger partial charge < -0.3 is 20.0 Å². The first-order chi connectivity index (χ1) is 17.3. The van der Waals surface area contributed by atoms with Crippen molar-refractivity contribution >= 4 is 16.7 Å². The molecule has 196 valence electrons. The average molecular weight is 499 g/mol. The summed E-state index contributed by atoms with van der Waals surface area (Å²) in [5.41, 5.74) is 1.42. The molecule has 3 heterocycles. The van der Waals surface area contributed by atoms with Gasteiger partial charge in [0.2, 0.25) is 0 Å². The third-order valence-electron chi connectivity index (χ3n) is 7.87. The number of aromatic nitrogens is 2. The standard InChI is InChI=1S/C28H40F2N6/c1-6-31-20(3)8-13-33(4)28-23-18-24(29)25(26(30)27(23)34(5)32-28)22-11-16-36(17-12-22)19-21-9-14-35(7-2)15-10-21/h6-7,18,21-22,31H,1-3,8-17,19H2,4-5H3. The molecule has 0 amide bonds. The number of rotatable bonds is 10. The first-order valence-corrected chi connectivity index (χ1v) is 13.0. The molecule has 0 bridgehead atoms. The second-order valence-electron chi connectivity index (χ2n) is 10.3. The maximum Gasteiger partial charge on any atom is 0.158 e. The van der Waals surface area contributed by atoms with Crippen LogP contribution in [0.1, 0.15) is 43.6 Å². The van der Waals surface area contributed by atoms with E-state index in [1.165, 1.54) is 18.9 Å². The van der Waals surface area contributed by atoms with Crippen LogP contribution in [0.4, 0.5) is 14.6 Å². The maximum absolute atomic E-state index is 15.8. The molecule has 8 heteroatoms. The Labute approximate surface area is 213 Å². The van der Waals surface area contributed by atoms with E-state index >= 15 is 8.78 Å². The lowest BCUT2D eigenvalue weighted by molar-refractivity contribution is 0.144. The average Bonchev–Trinajstić information content (AvgIpc) is 3.20. The van der Waals surface area contributed by atoms with E-state index in [0.717, 1.165) is 51.3 Å². The monoisotopic (exact) mass is 498 g/mol. The number of aryl methyl sites for hydroxylation is 1. The normalized spacial score (nSPS) is 17.9. The number of anilines is 1. The van der Waals surface area contributed by atoms with Crippen molar-refractivity contribution in [2.45, 2.75) is 38.0 Å². The van der Waals surface area contributed by atoms with Crippen LogP contribution in [0.2, 0.25) is 0 Å². The van der Waals surface area contributed by atoms with Gasteiger partial charge >= 0.3 is 0 Å². The van der Waals surface area contributed by atoms with Crippen molar-refractivity contribution in [3.8, 4) is 0 Å². The van der Waals surface area contributed by atoms with Gasteiger partial charge in [0.05, 0.1) is 5.39 Å². The van der Waals surface area contributed by atoms with Crippen LogP contribution in [0.5, 0.6) is 0 Å². The van der Waals surface area contributed by atoms with E-state index in [9.17, 15) is 0 Å². The van der Waals surface area contributed by atoms with Crippen molar-refractivity contribution in [2.24, 2.45) is 13.0 Å². The molecule has 0 aliphatic carbocycles. The lowest BCUT2D eigenvalue weighted by Crippen LogP contribution is -2.40. The summed E-state index contributed by atoms with van der Waals surface area (Å²) in [4.78, 5) is 6.67. The zero-order valence-electron chi connectivity index (χ0n) is 21.8. The number of fused-ring (bicyclic) bond motifs is 1. The van der Waals surface area contributed by atoms with Gasteiger partial charge in [0.25, 0.3) is 0 Å². The van der Waals surface area contributed by atoms with Gasteiger partial charge in [-0.3, -0.25) is 4.68 Å². The van der Waals surface area contributed by atoms with Crippen LogP contribution < -0.4 is 10.2 Å². The number of hydrogen-bond acceptors (Lipinski definition) is 5. The molecule has 4 rings (SSSR count). The Bertz CT molecular complexity index is 1090. The molecule has 2 fully saturated rings. The molecule has 1 aromatic heterocycles. The molecule has 0 unspecified atom stereocenters. The van der Waals surface area contributed by atoms with Crippen molar-refractivity contribution in [3.05, 3.63) is 61.1 Å². The molecule has 0 spiro atoms. The van der Waals surface area contributed by atoms with E-state index in [4.69, 9.17) is 0 Å². The van der Waals surface area contributed by atoms with Gasteiger partial charge in [-0.05, 0) is 69.1 Å². The Morgan fingerprint density at radius 1 is 1.17 bits per heavy atom. The van der Waals surface area contributed by atoms with Gasteiger partial charge in [0, 0.05) is 58.0 Å². The Morgan fingerprint density at radius 2 is 1.86 bits per heavy atom. The molecule has 1 N–H and O–H groups in total. The van der Waals surface area contributed by atoms with E-state index in [2.05, 4.69) is 40.0 Å². The molecular weight excluding hydrogens is 458 g/mol. The number of likely N-dealkylation sites (tertiary alicyclic amines) is 2. The predicted octanol–water partition coefficient (Wildman–Crippen LogP) is 4.96. The van der Waals surface area contributed by atoms with Crippen molar-refractivity contribution in [1.29, 1.82) is 0 Å². The zero-order chi connectivity index (χ0) is 25.8. The minimum absolute atomic E-state index is 0.113. The number of halogens is 2. The van der Waals surface area contributed by atoms with Crippen LogP contribution in [0.15, 0.2) is 43.9 Å². The summed E-state index contributed by atoms with van der Waals surface area (Å²) in [6, 6.07) is 1.48. The molecule has 6 nitrogen and oxygen atoms in total. The number of nitrogens with one attached hydrogen (secondary N) is 1. The van der Waals surface area contributed by atoms with Crippen LogP contribution >= 0.6 is 0 Å². The first kappa shape index (κ1) is 26.2. The summed E-state index contributed by atoms with van der Waals surface area (Å²) in [5.74, 6) is 0.221. The van der Waals surface area contributed by atoms with E-state index < -0.39 is 11.6 Å². The third kappa shape index (κ3) is 5.59. The summed E-state index contributed by atoms with van der Waals surface area (Å²) in [5, 5.41) is 8.02. The minimum Gasteiger partial charge on any atom is -0.378 e. The Kier molecular flexibility index (Phi) is 8.34. The van der Waals surface area contributed by atoms with Crippen LogP contribution in [-0.4, -0.2) is 65.9 Å². The van der Waals surface area contributed by atoms with Crippen molar-refractivity contribution < 1.29 is 8.78 Å². The van der Waals surface area contributed by atoms with Gasteiger partial charge in [-0.2, -0.15) is 5.10 Å². The second kappa shape index (κ2) is 11.5. The third-order valence-corrected chi connectivity index (χ3v) is 7.87. The van der Waals surface area contributed by atoms with Crippen LogP contribution in [-0.2, 0) is 7.05 Å². The lowest BCUT2D eigenvalue weighted by Gasteiger charge is -2.37. The van der Waals surface area contributed by atoms with Crippen LogP contribution in [0.25, 0.3) is 10.9 Å². The number of benzene rings is 1. The Hall–Kier alpha value is -2.87. The summed E-state index contributed by atoms with van der Waals surface area (Å²) in [6.07, 6.45) is 8.09. The van der Waals surface area contributed by atoms with E-state index in [1.807, 2.05) is 18.1 Å². The highest BCUT2D eigenvalue weighted by Gasteiger charge is 2.30. The maximum atomic E-state index is 15.8. The first-order valence-electron chi connectivity index (χ1n) is 13.0. The molecule has 2 aromatic rings. The van der Waals surface area contributed by atoms with Gasteiger partial charge in [-0.1, -0.05) is 19.7 Å². The molecule has 2 saturated heterocycles. The van der Waals surface area contributed by atoms with Crippen molar-refractivity contribution in [2.75, 3.05) is 51.2 Å². The van der Waals surface area contributed by atoms with E-state index in [1.54, 1.807) is 17.9 Å². The predicted molar refractivity (Wildman–Crippen MR) is 144 cm³/mol.